The first kappa shape index (κ1) is 14.4. The summed E-state index contributed by atoms with van der Waals surface area (Å²) in [5, 5.41) is 4.41. The number of halogens is 1. The molecule has 0 bridgehead atoms. The Bertz CT molecular complexity index is 437. The summed E-state index contributed by atoms with van der Waals surface area (Å²) in [7, 11) is 1.85. The van der Waals surface area contributed by atoms with E-state index >= 15 is 0 Å². The van der Waals surface area contributed by atoms with Gasteiger partial charge in [0.05, 0.1) is 6.10 Å². The molecule has 1 unspecified atom stereocenters. The van der Waals surface area contributed by atoms with Gasteiger partial charge < -0.3 is 10.1 Å². The van der Waals surface area contributed by atoms with Gasteiger partial charge in [-0.3, -0.25) is 0 Å². The van der Waals surface area contributed by atoms with E-state index in [-0.39, 0.29) is 0 Å². The lowest BCUT2D eigenvalue weighted by Gasteiger charge is -2.48. The smallest absolute Gasteiger partial charge is 0.0571 e. The predicted octanol–water partition coefficient (Wildman–Crippen LogP) is 3.99. The molecule has 1 saturated heterocycles. The fourth-order valence-corrected chi connectivity index (χ4v) is 4.27. The van der Waals surface area contributed by atoms with Gasteiger partial charge in [0.1, 0.15) is 0 Å². The van der Waals surface area contributed by atoms with Crippen molar-refractivity contribution in [3.05, 3.63) is 34.9 Å². The second kappa shape index (κ2) is 6.05. The molecule has 0 amide bonds. The van der Waals surface area contributed by atoms with Crippen molar-refractivity contribution >= 4 is 11.6 Å². The average molecular weight is 294 g/mol. The van der Waals surface area contributed by atoms with Crippen molar-refractivity contribution in [3.8, 4) is 0 Å². The van der Waals surface area contributed by atoms with Gasteiger partial charge in [0, 0.05) is 24.6 Å². The summed E-state index contributed by atoms with van der Waals surface area (Å²) in [4.78, 5) is 0. The van der Waals surface area contributed by atoms with E-state index in [1.54, 1.807) is 0 Å². The summed E-state index contributed by atoms with van der Waals surface area (Å²) in [5.74, 6) is 0.617. The van der Waals surface area contributed by atoms with Crippen molar-refractivity contribution in [2.75, 3.05) is 20.2 Å². The normalized spacial score (nSPS) is 34.3. The van der Waals surface area contributed by atoms with Gasteiger partial charge in [-0.1, -0.05) is 23.7 Å². The molecule has 2 fully saturated rings. The Morgan fingerprint density at radius 2 is 1.85 bits per heavy atom. The van der Waals surface area contributed by atoms with Crippen LogP contribution in [0.2, 0.25) is 5.02 Å². The van der Waals surface area contributed by atoms with Crippen LogP contribution in [0.5, 0.6) is 0 Å². The Morgan fingerprint density at radius 1 is 1.15 bits per heavy atom. The lowest BCUT2D eigenvalue weighted by atomic mass is 9.60. The summed E-state index contributed by atoms with van der Waals surface area (Å²) in [5.41, 5.74) is 1.91. The molecule has 20 heavy (non-hydrogen) atoms. The van der Waals surface area contributed by atoms with E-state index in [1.807, 2.05) is 19.2 Å². The third kappa shape index (κ3) is 2.74. The zero-order valence-corrected chi connectivity index (χ0v) is 13.0. The summed E-state index contributed by atoms with van der Waals surface area (Å²) in [6.07, 6.45) is 6.76. The van der Waals surface area contributed by atoms with Crippen LogP contribution in [0.25, 0.3) is 0 Å². The Morgan fingerprint density at radius 3 is 2.50 bits per heavy atom. The molecule has 1 atom stereocenters. The van der Waals surface area contributed by atoms with Crippen LogP contribution >= 0.6 is 11.6 Å². The molecule has 2 aliphatic rings. The van der Waals surface area contributed by atoms with E-state index in [4.69, 9.17) is 16.3 Å². The number of nitrogens with one attached hydrogen (secondary N) is 1. The maximum absolute atomic E-state index is 6.03. The number of benzene rings is 1. The van der Waals surface area contributed by atoms with Gasteiger partial charge in [0.2, 0.25) is 0 Å². The topological polar surface area (TPSA) is 21.3 Å². The lowest BCUT2D eigenvalue weighted by molar-refractivity contribution is 0.00444. The fraction of sp³-hybridized carbons (Fsp3) is 0.647. The molecule has 2 nitrogen and oxygen atoms in total. The maximum Gasteiger partial charge on any atom is 0.0571 e. The second-order valence-electron chi connectivity index (χ2n) is 6.36. The van der Waals surface area contributed by atoms with Crippen LogP contribution in [0.15, 0.2) is 24.3 Å². The van der Waals surface area contributed by atoms with Gasteiger partial charge in [-0.15, -0.1) is 0 Å². The van der Waals surface area contributed by atoms with Crippen molar-refractivity contribution in [1.29, 1.82) is 0 Å². The van der Waals surface area contributed by atoms with Crippen molar-refractivity contribution in [2.24, 2.45) is 5.41 Å². The Labute approximate surface area is 126 Å². The van der Waals surface area contributed by atoms with Gasteiger partial charge in [-0.25, -0.2) is 0 Å². The van der Waals surface area contributed by atoms with E-state index in [0.717, 1.165) is 18.1 Å². The standard InChI is InChI=1S/C17H24ClNO/c1-20-15-6-8-17(9-7-15)10-11-19-12-16(17)13-2-4-14(18)5-3-13/h2-5,15-16,19H,6-12H2,1H3. The Hall–Kier alpha value is -0.570. The van der Waals surface area contributed by atoms with Crippen LogP contribution in [0.1, 0.15) is 43.6 Å². The molecular formula is C17H24ClNO. The number of methoxy groups -OCH3 is 1. The highest BCUT2D eigenvalue weighted by Crippen LogP contribution is 2.51. The number of piperidine rings is 1. The SMILES string of the molecule is COC1CCC2(CCNCC2c2ccc(Cl)cc2)CC1. The number of hydrogen-bond acceptors (Lipinski definition) is 2. The van der Waals surface area contributed by atoms with Gasteiger partial charge in [-0.05, 0) is 61.8 Å². The minimum absolute atomic E-state index is 0.466. The van der Waals surface area contributed by atoms with Crippen molar-refractivity contribution < 1.29 is 4.74 Å². The molecule has 1 aromatic rings. The molecule has 3 rings (SSSR count). The second-order valence-corrected chi connectivity index (χ2v) is 6.79. The van der Waals surface area contributed by atoms with Gasteiger partial charge in [0.15, 0.2) is 0 Å². The summed E-state index contributed by atoms with van der Waals surface area (Å²) in [6, 6.07) is 8.48. The van der Waals surface area contributed by atoms with Gasteiger partial charge in [-0.2, -0.15) is 0 Å². The quantitative estimate of drug-likeness (QED) is 0.890. The summed E-state index contributed by atoms with van der Waals surface area (Å²) < 4.78 is 5.55. The van der Waals surface area contributed by atoms with E-state index in [2.05, 4.69) is 17.4 Å². The first-order valence-electron chi connectivity index (χ1n) is 7.72. The number of ether oxygens (including phenoxy) is 1. The molecule has 1 aliphatic heterocycles. The lowest BCUT2D eigenvalue weighted by Crippen LogP contribution is -2.46. The highest BCUT2D eigenvalue weighted by Gasteiger charge is 2.43. The van der Waals surface area contributed by atoms with E-state index < -0.39 is 0 Å². The summed E-state index contributed by atoms with van der Waals surface area (Å²) in [6.45, 7) is 2.25. The largest absolute Gasteiger partial charge is 0.381 e. The Balaban J connectivity index is 1.82. The molecular weight excluding hydrogens is 270 g/mol. The summed E-state index contributed by atoms with van der Waals surface area (Å²) >= 11 is 6.03. The van der Waals surface area contributed by atoms with Crippen molar-refractivity contribution in [3.63, 3.8) is 0 Å². The third-order valence-electron chi connectivity index (χ3n) is 5.42. The third-order valence-corrected chi connectivity index (χ3v) is 5.67. The van der Waals surface area contributed by atoms with E-state index in [1.165, 1.54) is 37.7 Å². The number of rotatable bonds is 2. The van der Waals surface area contributed by atoms with Crippen LogP contribution in [-0.4, -0.2) is 26.3 Å². The first-order chi connectivity index (χ1) is 9.73. The van der Waals surface area contributed by atoms with Crippen LogP contribution in [0.3, 0.4) is 0 Å². The predicted molar refractivity (Wildman–Crippen MR) is 83.4 cm³/mol. The molecule has 3 heteroatoms. The first-order valence-corrected chi connectivity index (χ1v) is 8.10. The molecule has 1 N–H and O–H groups in total. The van der Waals surface area contributed by atoms with E-state index in [9.17, 15) is 0 Å². The van der Waals surface area contributed by atoms with Gasteiger partial charge >= 0.3 is 0 Å². The molecule has 1 heterocycles. The average Bonchev–Trinajstić information content (AvgIpc) is 2.50. The minimum atomic E-state index is 0.466. The van der Waals surface area contributed by atoms with Crippen LogP contribution in [0, 0.1) is 5.41 Å². The molecule has 1 aromatic carbocycles. The monoisotopic (exact) mass is 293 g/mol. The van der Waals surface area contributed by atoms with Gasteiger partial charge in [0.25, 0.3) is 0 Å². The molecule has 1 spiro atoms. The Kier molecular flexibility index (Phi) is 4.34. The highest BCUT2D eigenvalue weighted by atomic mass is 35.5. The molecule has 0 aromatic heterocycles. The molecule has 110 valence electrons. The fourth-order valence-electron chi connectivity index (χ4n) is 4.14. The van der Waals surface area contributed by atoms with E-state index in [0.29, 0.717) is 17.4 Å². The zero-order valence-electron chi connectivity index (χ0n) is 12.2. The minimum Gasteiger partial charge on any atom is -0.381 e. The molecule has 1 aliphatic carbocycles. The zero-order chi connectivity index (χ0) is 14.0. The van der Waals surface area contributed by atoms with Crippen LogP contribution < -0.4 is 5.32 Å². The van der Waals surface area contributed by atoms with Crippen LogP contribution in [-0.2, 0) is 4.74 Å². The highest BCUT2D eigenvalue weighted by molar-refractivity contribution is 6.30. The van der Waals surface area contributed by atoms with Crippen LogP contribution in [0.4, 0.5) is 0 Å². The number of hydrogen-bond donors (Lipinski definition) is 1. The van der Waals surface area contributed by atoms with Crippen molar-refractivity contribution in [1.82, 2.24) is 5.32 Å². The molecule has 0 radical (unpaired) electrons. The van der Waals surface area contributed by atoms with Crippen molar-refractivity contribution in [2.45, 2.75) is 44.1 Å². The molecule has 1 saturated carbocycles. The maximum atomic E-state index is 6.03.